The molecule has 2 unspecified atom stereocenters. The second-order valence-electron chi connectivity index (χ2n) is 5.49. The first-order chi connectivity index (χ1) is 9.20. The fraction of sp³-hybridized carbons (Fsp3) is 0.857. The van der Waals surface area contributed by atoms with Gasteiger partial charge in [0.05, 0.1) is 11.7 Å². The number of hydrogen-bond acceptors (Lipinski definition) is 5. The van der Waals surface area contributed by atoms with Crippen molar-refractivity contribution in [1.29, 1.82) is 0 Å². The van der Waals surface area contributed by atoms with Crippen molar-refractivity contribution in [3.8, 4) is 0 Å². The third kappa shape index (κ3) is 4.21. The van der Waals surface area contributed by atoms with Crippen LogP contribution < -0.4 is 5.32 Å². The summed E-state index contributed by atoms with van der Waals surface area (Å²) in [5, 5.41) is 8.12. The van der Waals surface area contributed by atoms with Crippen LogP contribution >= 0.6 is 11.8 Å². The maximum atomic E-state index is 5.37. The number of nitrogens with one attached hydrogen (secondary N) is 1. The number of thioether (sulfide) groups is 1. The van der Waals surface area contributed by atoms with Gasteiger partial charge in [-0.05, 0) is 26.8 Å². The first-order valence-corrected chi connectivity index (χ1v) is 8.37. The fourth-order valence-corrected chi connectivity index (χ4v) is 3.57. The van der Waals surface area contributed by atoms with Crippen molar-refractivity contribution >= 4 is 11.8 Å². The van der Waals surface area contributed by atoms with Gasteiger partial charge in [0.25, 0.3) is 0 Å². The number of aromatic nitrogens is 2. The molecule has 0 aliphatic heterocycles. The van der Waals surface area contributed by atoms with Gasteiger partial charge in [0.1, 0.15) is 0 Å². The first kappa shape index (κ1) is 14.9. The minimum absolute atomic E-state index is 0.255. The summed E-state index contributed by atoms with van der Waals surface area (Å²) in [5.41, 5.74) is 0. The average molecular weight is 283 g/mol. The highest BCUT2D eigenvalue weighted by atomic mass is 32.2. The van der Waals surface area contributed by atoms with Crippen LogP contribution in [0.25, 0.3) is 0 Å². The van der Waals surface area contributed by atoms with Crippen molar-refractivity contribution in [2.75, 3.05) is 7.05 Å². The molecule has 1 heterocycles. The van der Waals surface area contributed by atoms with Crippen LogP contribution in [0.15, 0.2) is 4.52 Å². The van der Waals surface area contributed by atoms with E-state index in [4.69, 9.17) is 4.52 Å². The summed E-state index contributed by atoms with van der Waals surface area (Å²) in [7, 11) is 1.96. The molecule has 1 aliphatic rings. The minimum Gasteiger partial charge on any atom is -0.339 e. The van der Waals surface area contributed by atoms with Crippen LogP contribution in [0.1, 0.15) is 63.6 Å². The van der Waals surface area contributed by atoms with Crippen LogP contribution in [0.3, 0.4) is 0 Å². The Labute approximate surface area is 120 Å². The Kier molecular flexibility index (Phi) is 5.70. The molecule has 19 heavy (non-hydrogen) atoms. The minimum atomic E-state index is 0.255. The molecule has 0 bridgehead atoms. The largest absolute Gasteiger partial charge is 0.339 e. The van der Waals surface area contributed by atoms with E-state index < -0.39 is 0 Å². The summed E-state index contributed by atoms with van der Waals surface area (Å²) >= 11 is 1.99. The van der Waals surface area contributed by atoms with E-state index in [1.165, 1.54) is 32.1 Å². The molecular weight excluding hydrogens is 258 g/mol. The van der Waals surface area contributed by atoms with Crippen molar-refractivity contribution in [1.82, 2.24) is 15.5 Å². The van der Waals surface area contributed by atoms with Gasteiger partial charge in [-0.25, -0.2) is 0 Å². The predicted molar refractivity (Wildman–Crippen MR) is 79.4 cm³/mol. The van der Waals surface area contributed by atoms with Crippen LogP contribution in [-0.2, 0) is 5.75 Å². The lowest BCUT2D eigenvalue weighted by Crippen LogP contribution is -2.27. The zero-order valence-electron chi connectivity index (χ0n) is 12.2. The summed E-state index contributed by atoms with van der Waals surface area (Å²) in [6.45, 7) is 4.25. The topological polar surface area (TPSA) is 51.0 Å². The second-order valence-corrected chi connectivity index (χ2v) is 6.77. The Bertz CT molecular complexity index is 377. The third-order valence-corrected chi connectivity index (χ3v) is 5.45. The van der Waals surface area contributed by atoms with Crippen LogP contribution in [0.4, 0.5) is 0 Å². The Morgan fingerprint density at radius 2 is 2.05 bits per heavy atom. The van der Waals surface area contributed by atoms with Gasteiger partial charge < -0.3 is 9.84 Å². The SMILES string of the molecule is CNC(C)C(C)c1nc(CSC2CCCCC2)no1. The van der Waals surface area contributed by atoms with Gasteiger partial charge in [-0.15, -0.1) is 0 Å². The van der Waals surface area contributed by atoms with Crippen molar-refractivity contribution < 1.29 is 4.52 Å². The molecule has 0 saturated heterocycles. The molecule has 1 fully saturated rings. The molecule has 0 amide bonds. The van der Waals surface area contributed by atoms with Crippen LogP contribution in [0.5, 0.6) is 0 Å². The zero-order chi connectivity index (χ0) is 13.7. The van der Waals surface area contributed by atoms with E-state index in [9.17, 15) is 0 Å². The second kappa shape index (κ2) is 7.29. The van der Waals surface area contributed by atoms with Gasteiger partial charge in [-0.2, -0.15) is 16.7 Å². The third-order valence-electron chi connectivity index (χ3n) is 4.08. The van der Waals surface area contributed by atoms with Crippen LogP contribution in [0, 0.1) is 0 Å². The van der Waals surface area contributed by atoms with E-state index in [1.54, 1.807) is 0 Å². The van der Waals surface area contributed by atoms with E-state index in [1.807, 2.05) is 18.8 Å². The molecular formula is C14H25N3OS. The number of nitrogens with zero attached hydrogens (tertiary/aromatic N) is 2. The Hall–Kier alpha value is -0.550. The molecule has 2 rings (SSSR count). The molecule has 1 aliphatic carbocycles. The van der Waals surface area contributed by atoms with Gasteiger partial charge in [-0.1, -0.05) is 31.3 Å². The smallest absolute Gasteiger partial charge is 0.231 e. The Balaban J connectivity index is 1.83. The predicted octanol–water partition coefficient (Wildman–Crippen LogP) is 3.35. The highest BCUT2D eigenvalue weighted by Crippen LogP contribution is 2.30. The lowest BCUT2D eigenvalue weighted by atomic mass is 10.0. The van der Waals surface area contributed by atoms with Crippen molar-refractivity contribution in [2.45, 2.75) is 68.9 Å². The van der Waals surface area contributed by atoms with E-state index in [2.05, 4.69) is 29.3 Å². The lowest BCUT2D eigenvalue weighted by molar-refractivity contribution is 0.334. The number of likely N-dealkylation sites (N-methyl/N-ethyl adjacent to an activating group) is 1. The lowest BCUT2D eigenvalue weighted by Gasteiger charge is -2.20. The van der Waals surface area contributed by atoms with Gasteiger partial charge >= 0.3 is 0 Å². The Morgan fingerprint density at radius 3 is 2.74 bits per heavy atom. The molecule has 5 heteroatoms. The molecule has 1 saturated carbocycles. The normalized spacial score (nSPS) is 20.4. The van der Waals surface area contributed by atoms with Crippen molar-refractivity contribution in [2.24, 2.45) is 0 Å². The summed E-state index contributed by atoms with van der Waals surface area (Å²) in [5.74, 6) is 2.74. The molecule has 108 valence electrons. The summed E-state index contributed by atoms with van der Waals surface area (Å²) in [6.07, 6.45) is 6.87. The maximum Gasteiger partial charge on any atom is 0.231 e. The molecule has 4 nitrogen and oxygen atoms in total. The highest BCUT2D eigenvalue weighted by Gasteiger charge is 2.20. The monoisotopic (exact) mass is 283 g/mol. The highest BCUT2D eigenvalue weighted by molar-refractivity contribution is 7.99. The molecule has 1 aromatic heterocycles. The van der Waals surface area contributed by atoms with E-state index in [0.717, 1.165) is 22.7 Å². The molecule has 1 aromatic rings. The number of hydrogen-bond donors (Lipinski definition) is 1. The van der Waals surface area contributed by atoms with Gasteiger partial charge in [0, 0.05) is 11.3 Å². The van der Waals surface area contributed by atoms with E-state index in [0.29, 0.717) is 6.04 Å². The summed E-state index contributed by atoms with van der Waals surface area (Å²) < 4.78 is 5.37. The molecule has 0 radical (unpaired) electrons. The number of rotatable bonds is 6. The fourth-order valence-electron chi connectivity index (χ4n) is 2.40. The molecule has 0 aromatic carbocycles. The first-order valence-electron chi connectivity index (χ1n) is 7.32. The molecule has 0 spiro atoms. The van der Waals surface area contributed by atoms with Crippen LogP contribution in [0.2, 0.25) is 0 Å². The Morgan fingerprint density at radius 1 is 1.32 bits per heavy atom. The van der Waals surface area contributed by atoms with E-state index in [-0.39, 0.29) is 5.92 Å². The standard InChI is InChI=1S/C14H25N3OS/c1-10(11(2)15-3)14-16-13(17-18-14)9-19-12-7-5-4-6-8-12/h10-12,15H,4-9H2,1-3H3. The quantitative estimate of drug-likeness (QED) is 0.867. The maximum absolute atomic E-state index is 5.37. The van der Waals surface area contributed by atoms with Gasteiger partial charge in [-0.3, -0.25) is 0 Å². The van der Waals surface area contributed by atoms with E-state index >= 15 is 0 Å². The van der Waals surface area contributed by atoms with Crippen LogP contribution in [-0.4, -0.2) is 28.5 Å². The van der Waals surface area contributed by atoms with Gasteiger partial charge in [0.2, 0.25) is 5.89 Å². The van der Waals surface area contributed by atoms with Crippen molar-refractivity contribution in [3.05, 3.63) is 11.7 Å². The average Bonchev–Trinajstić information content (AvgIpc) is 2.93. The van der Waals surface area contributed by atoms with Gasteiger partial charge in [0.15, 0.2) is 5.82 Å². The summed E-state index contributed by atoms with van der Waals surface area (Å²) in [6, 6.07) is 0.347. The molecule has 2 atom stereocenters. The van der Waals surface area contributed by atoms with Crippen molar-refractivity contribution in [3.63, 3.8) is 0 Å². The molecule has 1 N–H and O–H groups in total. The summed E-state index contributed by atoms with van der Waals surface area (Å²) in [4.78, 5) is 4.52. The zero-order valence-corrected chi connectivity index (χ0v) is 13.0.